The summed E-state index contributed by atoms with van der Waals surface area (Å²) >= 11 is 0. The predicted molar refractivity (Wildman–Crippen MR) is 122 cm³/mol. The van der Waals surface area contributed by atoms with E-state index in [1.807, 2.05) is 24.3 Å². The van der Waals surface area contributed by atoms with Crippen LogP contribution in [0.2, 0.25) is 0 Å². The number of hydrogen-bond donors (Lipinski definition) is 1. The highest BCUT2D eigenvalue weighted by atomic mass is 32.2. The summed E-state index contributed by atoms with van der Waals surface area (Å²) in [4.78, 5) is 18.7. The van der Waals surface area contributed by atoms with E-state index >= 15 is 0 Å². The van der Waals surface area contributed by atoms with Gasteiger partial charge in [-0.1, -0.05) is 24.3 Å². The molecule has 8 heteroatoms. The maximum absolute atomic E-state index is 12.7. The van der Waals surface area contributed by atoms with Gasteiger partial charge in [0.15, 0.2) is 0 Å². The number of carbonyl (C=O) groups excluding carboxylic acids is 1. The van der Waals surface area contributed by atoms with E-state index in [0.29, 0.717) is 26.2 Å². The van der Waals surface area contributed by atoms with Crippen molar-refractivity contribution in [2.75, 3.05) is 43.4 Å². The topological polar surface area (TPSA) is 82.6 Å². The second kappa shape index (κ2) is 9.78. The molecule has 0 atom stereocenters. The van der Waals surface area contributed by atoms with E-state index in [-0.39, 0.29) is 24.6 Å². The lowest BCUT2D eigenvalue weighted by Gasteiger charge is -2.34. The van der Waals surface area contributed by atoms with Crippen LogP contribution in [0, 0.1) is 0 Å². The van der Waals surface area contributed by atoms with Crippen molar-refractivity contribution in [3.63, 3.8) is 0 Å². The van der Waals surface area contributed by atoms with Crippen molar-refractivity contribution < 1.29 is 13.2 Å². The Bertz CT molecular complexity index is 1000. The molecule has 0 spiro atoms. The summed E-state index contributed by atoms with van der Waals surface area (Å²) in [5.41, 5.74) is 3.74. The molecule has 2 heterocycles. The average molecular weight is 443 g/mol. The van der Waals surface area contributed by atoms with Gasteiger partial charge < -0.3 is 10.2 Å². The van der Waals surface area contributed by atoms with Crippen molar-refractivity contribution in [1.82, 2.24) is 14.6 Å². The van der Waals surface area contributed by atoms with Gasteiger partial charge >= 0.3 is 0 Å². The standard InChI is InChI=1S/C23H30N4O3S/c28-23(18-19-8-9-20-5-1-2-6-21(20)17-19)25-11-16-31(29,30)27-14-12-26(13-15-27)22-7-3-4-10-24-22/h3-4,7-10,17H,1-2,5-6,11-16,18H2,(H,25,28). The maximum atomic E-state index is 12.7. The molecule has 1 aromatic heterocycles. The third-order valence-corrected chi connectivity index (χ3v) is 7.94. The first-order chi connectivity index (χ1) is 15.0. The van der Waals surface area contributed by atoms with E-state index in [9.17, 15) is 13.2 Å². The van der Waals surface area contributed by atoms with E-state index < -0.39 is 10.0 Å². The molecule has 1 aromatic carbocycles. The van der Waals surface area contributed by atoms with E-state index in [1.54, 1.807) is 6.20 Å². The SMILES string of the molecule is O=C(Cc1ccc2c(c1)CCCC2)NCCS(=O)(=O)N1CCN(c2ccccn2)CC1. The molecule has 1 fully saturated rings. The van der Waals surface area contributed by atoms with Crippen molar-refractivity contribution in [2.45, 2.75) is 32.1 Å². The summed E-state index contributed by atoms with van der Waals surface area (Å²) in [6, 6.07) is 12.0. The van der Waals surface area contributed by atoms with Crippen molar-refractivity contribution in [3.05, 3.63) is 59.3 Å². The second-order valence-corrected chi connectivity index (χ2v) is 10.3. The van der Waals surface area contributed by atoms with Crippen LogP contribution in [-0.2, 0) is 34.1 Å². The average Bonchev–Trinajstić information content (AvgIpc) is 2.79. The van der Waals surface area contributed by atoms with Crippen molar-refractivity contribution in [2.24, 2.45) is 0 Å². The van der Waals surface area contributed by atoms with E-state index in [2.05, 4.69) is 27.3 Å². The first-order valence-electron chi connectivity index (χ1n) is 11.0. The van der Waals surface area contributed by atoms with Gasteiger partial charge in [-0.25, -0.2) is 13.4 Å². The monoisotopic (exact) mass is 442 g/mol. The van der Waals surface area contributed by atoms with Gasteiger partial charge in [-0.05, 0) is 54.5 Å². The fraction of sp³-hybridized carbons (Fsp3) is 0.478. The van der Waals surface area contributed by atoms with Gasteiger partial charge in [0.25, 0.3) is 0 Å². The Morgan fingerprint density at radius 2 is 1.77 bits per heavy atom. The summed E-state index contributed by atoms with van der Waals surface area (Å²) in [5, 5.41) is 2.78. The third kappa shape index (κ3) is 5.62. The molecule has 1 aliphatic carbocycles. The fourth-order valence-electron chi connectivity index (χ4n) is 4.33. The molecule has 2 aliphatic rings. The van der Waals surface area contributed by atoms with Crippen LogP contribution in [-0.4, -0.2) is 62.1 Å². The Labute approximate surface area is 184 Å². The summed E-state index contributed by atoms with van der Waals surface area (Å²) in [6.45, 7) is 2.22. The first-order valence-corrected chi connectivity index (χ1v) is 12.6. The molecule has 1 amide bonds. The second-order valence-electron chi connectivity index (χ2n) is 8.23. The number of fused-ring (bicyclic) bond motifs is 1. The summed E-state index contributed by atoms with van der Waals surface area (Å²) in [7, 11) is -3.40. The number of amides is 1. The van der Waals surface area contributed by atoms with Crippen molar-refractivity contribution >= 4 is 21.7 Å². The number of aryl methyl sites for hydroxylation is 2. The molecule has 1 N–H and O–H groups in total. The Hall–Kier alpha value is -2.45. The normalized spacial score (nSPS) is 17.2. The lowest BCUT2D eigenvalue weighted by molar-refractivity contribution is -0.120. The van der Waals surface area contributed by atoms with Crippen molar-refractivity contribution in [1.29, 1.82) is 0 Å². The summed E-state index contributed by atoms with van der Waals surface area (Å²) < 4.78 is 26.9. The van der Waals surface area contributed by atoms with Gasteiger partial charge in [0.05, 0.1) is 12.2 Å². The molecule has 7 nitrogen and oxygen atoms in total. The smallest absolute Gasteiger partial charge is 0.224 e. The molecule has 166 valence electrons. The van der Waals surface area contributed by atoms with Crippen LogP contribution in [0.25, 0.3) is 0 Å². The number of carbonyl (C=O) groups is 1. The quantitative estimate of drug-likeness (QED) is 0.707. The Morgan fingerprint density at radius 3 is 2.52 bits per heavy atom. The number of hydrogen-bond acceptors (Lipinski definition) is 5. The molecule has 0 radical (unpaired) electrons. The fourth-order valence-corrected chi connectivity index (χ4v) is 5.67. The Balaban J connectivity index is 1.22. The minimum atomic E-state index is -3.40. The largest absolute Gasteiger partial charge is 0.355 e. The number of pyridine rings is 1. The van der Waals surface area contributed by atoms with Crippen molar-refractivity contribution in [3.8, 4) is 0 Å². The molecule has 2 aromatic rings. The molecular weight excluding hydrogens is 412 g/mol. The third-order valence-electron chi connectivity index (χ3n) is 6.07. The minimum absolute atomic E-state index is 0.0769. The van der Waals surface area contributed by atoms with Crippen LogP contribution in [0.1, 0.15) is 29.5 Å². The van der Waals surface area contributed by atoms with Crippen LogP contribution in [0.15, 0.2) is 42.6 Å². The summed E-state index contributed by atoms with van der Waals surface area (Å²) in [5.74, 6) is 0.659. The van der Waals surface area contributed by atoms with Gasteiger partial charge in [-0.2, -0.15) is 4.31 Å². The van der Waals surface area contributed by atoms with Gasteiger partial charge in [0.1, 0.15) is 5.82 Å². The van der Waals surface area contributed by atoms with Crippen LogP contribution in [0.3, 0.4) is 0 Å². The molecule has 0 saturated carbocycles. The van der Waals surface area contributed by atoms with E-state index in [0.717, 1.165) is 24.2 Å². The highest BCUT2D eigenvalue weighted by molar-refractivity contribution is 7.89. The van der Waals surface area contributed by atoms with Gasteiger partial charge in [0, 0.05) is 38.9 Å². The molecule has 1 aliphatic heterocycles. The highest BCUT2D eigenvalue weighted by Gasteiger charge is 2.27. The van der Waals surface area contributed by atoms with E-state index in [4.69, 9.17) is 0 Å². The number of nitrogens with one attached hydrogen (secondary N) is 1. The zero-order chi connectivity index (χ0) is 21.7. The minimum Gasteiger partial charge on any atom is -0.355 e. The number of piperazine rings is 1. The van der Waals surface area contributed by atoms with Gasteiger partial charge in [0.2, 0.25) is 15.9 Å². The Morgan fingerprint density at radius 1 is 1.00 bits per heavy atom. The zero-order valence-electron chi connectivity index (χ0n) is 17.8. The Kier molecular flexibility index (Phi) is 6.87. The molecule has 31 heavy (non-hydrogen) atoms. The highest BCUT2D eigenvalue weighted by Crippen LogP contribution is 2.22. The number of nitrogens with zero attached hydrogens (tertiary/aromatic N) is 3. The van der Waals surface area contributed by atoms with Crippen LogP contribution in [0.5, 0.6) is 0 Å². The number of rotatable bonds is 7. The molecule has 4 rings (SSSR count). The van der Waals surface area contributed by atoms with Crippen LogP contribution >= 0.6 is 0 Å². The van der Waals surface area contributed by atoms with E-state index in [1.165, 1.54) is 28.3 Å². The number of benzene rings is 1. The number of sulfonamides is 1. The van der Waals surface area contributed by atoms with Crippen LogP contribution in [0.4, 0.5) is 5.82 Å². The molecule has 1 saturated heterocycles. The molecule has 0 bridgehead atoms. The lowest BCUT2D eigenvalue weighted by Crippen LogP contribution is -2.50. The van der Waals surface area contributed by atoms with Crippen LogP contribution < -0.4 is 10.2 Å². The van der Waals surface area contributed by atoms with Gasteiger partial charge in [-0.15, -0.1) is 0 Å². The lowest BCUT2D eigenvalue weighted by atomic mass is 9.90. The first kappa shape index (κ1) is 21.8. The van der Waals surface area contributed by atoms with Gasteiger partial charge in [-0.3, -0.25) is 4.79 Å². The zero-order valence-corrected chi connectivity index (χ0v) is 18.6. The summed E-state index contributed by atoms with van der Waals surface area (Å²) in [6.07, 6.45) is 6.67. The number of aromatic nitrogens is 1. The number of anilines is 1. The molecule has 0 unspecified atom stereocenters. The predicted octanol–water partition coefficient (Wildman–Crippen LogP) is 1.77. The molecular formula is C23H30N4O3S. The maximum Gasteiger partial charge on any atom is 0.224 e.